The zero-order valence-corrected chi connectivity index (χ0v) is 17.6. The van der Waals surface area contributed by atoms with E-state index in [0.717, 1.165) is 36.8 Å². The van der Waals surface area contributed by atoms with Crippen molar-refractivity contribution in [3.8, 4) is 17.0 Å². The minimum Gasteiger partial charge on any atom is -0.490 e. The molecule has 0 bridgehead atoms. The first-order valence-corrected chi connectivity index (χ1v) is 11.1. The number of rotatable bonds is 9. The maximum Gasteiger partial charge on any atom is 0.201 e. The van der Waals surface area contributed by atoms with Crippen molar-refractivity contribution in [1.82, 2.24) is 10.2 Å². The highest BCUT2D eigenvalue weighted by molar-refractivity contribution is 5.61. The molecular weight excluding hydrogens is 370 g/mol. The lowest BCUT2D eigenvalue weighted by molar-refractivity contribution is 0.252. The molecule has 29 heavy (non-hydrogen) atoms. The van der Waals surface area contributed by atoms with Crippen LogP contribution in [-0.4, -0.2) is 16.8 Å². The lowest BCUT2D eigenvalue weighted by atomic mass is 9.78. The minimum absolute atomic E-state index is 0.0636. The van der Waals surface area contributed by atoms with E-state index >= 15 is 0 Å². The summed E-state index contributed by atoms with van der Waals surface area (Å²) in [7, 11) is 0. The Morgan fingerprint density at radius 3 is 2.21 bits per heavy atom. The first kappa shape index (κ1) is 21.7. The summed E-state index contributed by atoms with van der Waals surface area (Å²) in [5, 5.41) is 8.40. The molecule has 0 radical (unpaired) electrons. The number of hydrogen-bond donors (Lipinski definition) is 0. The maximum atomic E-state index is 14.4. The lowest BCUT2D eigenvalue weighted by Crippen LogP contribution is -2.15. The van der Waals surface area contributed by atoms with E-state index in [1.54, 1.807) is 6.07 Å². The Kier molecular flexibility index (Phi) is 7.96. The average molecular weight is 403 g/mol. The van der Waals surface area contributed by atoms with Gasteiger partial charge in [0.15, 0.2) is 11.6 Å². The number of aryl methyl sites for hydroxylation is 1. The Bertz CT molecular complexity index is 771. The van der Waals surface area contributed by atoms with Crippen LogP contribution in [0.4, 0.5) is 8.78 Å². The number of ether oxygens (including phenoxy) is 1. The van der Waals surface area contributed by atoms with Crippen LogP contribution in [0.3, 0.4) is 0 Å². The highest BCUT2D eigenvalue weighted by atomic mass is 19.2. The van der Waals surface area contributed by atoms with Gasteiger partial charge >= 0.3 is 0 Å². The van der Waals surface area contributed by atoms with Crippen LogP contribution in [0.1, 0.15) is 70.9 Å². The molecule has 1 heterocycles. The second-order valence-electron chi connectivity index (χ2n) is 8.21. The molecule has 5 heteroatoms. The van der Waals surface area contributed by atoms with Gasteiger partial charge in [0, 0.05) is 5.56 Å². The Labute approximate surface area is 172 Å². The molecule has 1 aromatic heterocycles. The van der Waals surface area contributed by atoms with E-state index in [2.05, 4.69) is 17.1 Å². The third-order valence-electron chi connectivity index (χ3n) is 5.98. The van der Waals surface area contributed by atoms with Gasteiger partial charge in [0.2, 0.25) is 5.82 Å². The van der Waals surface area contributed by atoms with Crippen molar-refractivity contribution in [2.75, 3.05) is 6.61 Å². The fourth-order valence-electron chi connectivity index (χ4n) is 4.26. The number of hydrogen-bond acceptors (Lipinski definition) is 3. The van der Waals surface area contributed by atoms with Crippen molar-refractivity contribution < 1.29 is 13.5 Å². The summed E-state index contributed by atoms with van der Waals surface area (Å²) in [6.45, 7) is 4.53. The standard InChI is InChI=1S/C24H32F2N2O/c1-3-5-17-6-8-18(9-7-17)10-11-19-12-14-21(28-27-19)20-13-15-22(29-16-4-2)24(26)23(20)25/h12-15,17-18H,3-11,16H2,1-2H3. The van der Waals surface area contributed by atoms with Crippen molar-refractivity contribution in [3.05, 3.63) is 41.6 Å². The molecule has 0 atom stereocenters. The monoisotopic (exact) mass is 402 g/mol. The fourth-order valence-corrected chi connectivity index (χ4v) is 4.26. The molecule has 3 rings (SSSR count). The van der Waals surface area contributed by atoms with E-state index in [1.165, 1.54) is 50.7 Å². The van der Waals surface area contributed by atoms with Gasteiger partial charge in [0.25, 0.3) is 0 Å². The number of benzene rings is 1. The smallest absolute Gasteiger partial charge is 0.201 e. The molecule has 1 aliphatic carbocycles. The summed E-state index contributed by atoms with van der Waals surface area (Å²) < 4.78 is 33.9. The van der Waals surface area contributed by atoms with Crippen LogP contribution < -0.4 is 4.74 Å². The molecule has 1 saturated carbocycles. The molecule has 1 fully saturated rings. The SMILES string of the molecule is CCCOc1ccc(-c2ccc(CCC3CCC(CCC)CC3)nn2)c(F)c1F. The number of halogens is 2. The summed E-state index contributed by atoms with van der Waals surface area (Å²) in [6.07, 6.45) is 10.7. The summed E-state index contributed by atoms with van der Waals surface area (Å²) in [5.74, 6) is -0.285. The zero-order valence-electron chi connectivity index (χ0n) is 17.6. The van der Waals surface area contributed by atoms with Crippen molar-refractivity contribution in [3.63, 3.8) is 0 Å². The van der Waals surface area contributed by atoms with E-state index in [9.17, 15) is 8.78 Å². The molecule has 0 aliphatic heterocycles. The molecule has 158 valence electrons. The van der Waals surface area contributed by atoms with Gasteiger partial charge in [-0.05, 0) is 55.4 Å². The van der Waals surface area contributed by atoms with Crippen LogP contribution in [0.25, 0.3) is 11.3 Å². The topological polar surface area (TPSA) is 35.0 Å². The van der Waals surface area contributed by atoms with E-state index in [0.29, 0.717) is 12.3 Å². The maximum absolute atomic E-state index is 14.4. The second kappa shape index (κ2) is 10.7. The predicted octanol–water partition coefficient (Wildman–Crippen LogP) is 6.75. The predicted molar refractivity (Wildman–Crippen MR) is 112 cm³/mol. The van der Waals surface area contributed by atoms with Crippen LogP contribution in [0, 0.1) is 23.5 Å². The second-order valence-corrected chi connectivity index (χ2v) is 8.21. The first-order chi connectivity index (χ1) is 14.1. The van der Waals surface area contributed by atoms with Crippen molar-refractivity contribution in [2.24, 2.45) is 11.8 Å². The van der Waals surface area contributed by atoms with Crippen LogP contribution in [0.5, 0.6) is 5.75 Å². The van der Waals surface area contributed by atoms with Gasteiger partial charge in [-0.2, -0.15) is 14.6 Å². The molecular formula is C24H32F2N2O. The molecule has 2 aromatic rings. The van der Waals surface area contributed by atoms with E-state index in [-0.39, 0.29) is 11.3 Å². The van der Waals surface area contributed by atoms with Gasteiger partial charge in [-0.3, -0.25) is 0 Å². The molecule has 1 aromatic carbocycles. The average Bonchev–Trinajstić information content (AvgIpc) is 2.75. The minimum atomic E-state index is -0.972. The van der Waals surface area contributed by atoms with Gasteiger partial charge in [-0.25, -0.2) is 4.39 Å². The summed E-state index contributed by atoms with van der Waals surface area (Å²) in [4.78, 5) is 0. The van der Waals surface area contributed by atoms with Gasteiger partial charge in [0.1, 0.15) is 0 Å². The molecule has 0 unspecified atom stereocenters. The number of nitrogens with zero attached hydrogens (tertiary/aromatic N) is 2. The van der Waals surface area contributed by atoms with Gasteiger partial charge in [-0.1, -0.05) is 52.4 Å². The van der Waals surface area contributed by atoms with Gasteiger partial charge < -0.3 is 4.74 Å². The fraction of sp³-hybridized carbons (Fsp3) is 0.583. The molecule has 1 aliphatic rings. The third-order valence-corrected chi connectivity index (χ3v) is 5.98. The van der Waals surface area contributed by atoms with E-state index in [4.69, 9.17) is 4.74 Å². The molecule has 0 N–H and O–H groups in total. The summed E-state index contributed by atoms with van der Waals surface area (Å²) in [6, 6.07) is 6.56. The van der Waals surface area contributed by atoms with Crippen molar-refractivity contribution in [2.45, 2.75) is 71.6 Å². The molecule has 3 nitrogen and oxygen atoms in total. The highest BCUT2D eigenvalue weighted by Gasteiger charge is 2.21. The Balaban J connectivity index is 1.57. The third kappa shape index (κ3) is 5.74. The van der Waals surface area contributed by atoms with Crippen molar-refractivity contribution in [1.29, 1.82) is 0 Å². The quantitative estimate of drug-likeness (QED) is 0.465. The van der Waals surface area contributed by atoms with Gasteiger partial charge in [-0.15, -0.1) is 0 Å². The normalized spacial score (nSPS) is 19.3. The zero-order chi connectivity index (χ0) is 20.6. The van der Waals surface area contributed by atoms with Crippen LogP contribution in [-0.2, 0) is 6.42 Å². The van der Waals surface area contributed by atoms with E-state index in [1.807, 2.05) is 13.0 Å². The number of aromatic nitrogens is 2. The lowest BCUT2D eigenvalue weighted by Gasteiger charge is -2.28. The van der Waals surface area contributed by atoms with Crippen molar-refractivity contribution >= 4 is 0 Å². The van der Waals surface area contributed by atoms with Crippen LogP contribution in [0.2, 0.25) is 0 Å². The molecule has 0 spiro atoms. The molecule has 0 saturated heterocycles. The Morgan fingerprint density at radius 2 is 1.59 bits per heavy atom. The van der Waals surface area contributed by atoms with Gasteiger partial charge in [0.05, 0.1) is 18.0 Å². The largest absolute Gasteiger partial charge is 0.490 e. The Morgan fingerprint density at radius 1 is 0.862 bits per heavy atom. The summed E-state index contributed by atoms with van der Waals surface area (Å²) >= 11 is 0. The van der Waals surface area contributed by atoms with E-state index < -0.39 is 11.6 Å². The first-order valence-electron chi connectivity index (χ1n) is 11.1. The summed E-state index contributed by atoms with van der Waals surface area (Å²) in [5.41, 5.74) is 1.36. The Hall–Kier alpha value is -2.04. The highest BCUT2D eigenvalue weighted by Crippen LogP contribution is 2.34. The van der Waals surface area contributed by atoms with Crippen LogP contribution >= 0.6 is 0 Å². The molecule has 0 amide bonds. The van der Waals surface area contributed by atoms with Crippen LogP contribution in [0.15, 0.2) is 24.3 Å².